The Balaban J connectivity index is 1.35. The molecule has 1 amide bonds. The number of hydrogen-bond donors (Lipinski definition) is 2. The summed E-state index contributed by atoms with van der Waals surface area (Å²) in [6.07, 6.45) is 5.47. The van der Waals surface area contributed by atoms with Gasteiger partial charge >= 0.3 is 0 Å². The smallest absolute Gasteiger partial charge is 0.238 e. The van der Waals surface area contributed by atoms with Crippen LogP contribution in [0.15, 0.2) is 77.4 Å². The molecule has 0 unspecified atom stereocenters. The van der Waals surface area contributed by atoms with Crippen molar-refractivity contribution in [3.63, 3.8) is 0 Å². The maximum Gasteiger partial charge on any atom is 0.238 e. The molecule has 5 nitrogen and oxygen atoms in total. The van der Waals surface area contributed by atoms with Crippen molar-refractivity contribution >= 4 is 17.3 Å². The summed E-state index contributed by atoms with van der Waals surface area (Å²) in [5, 5.41) is 6.28. The van der Waals surface area contributed by atoms with Gasteiger partial charge in [-0.15, -0.1) is 0 Å². The van der Waals surface area contributed by atoms with Gasteiger partial charge in [0.25, 0.3) is 0 Å². The van der Waals surface area contributed by atoms with Crippen molar-refractivity contribution in [2.24, 2.45) is 0 Å². The lowest BCUT2D eigenvalue weighted by molar-refractivity contribution is -0.115. The predicted molar refractivity (Wildman–Crippen MR) is 116 cm³/mol. The van der Waals surface area contributed by atoms with Gasteiger partial charge < -0.3 is 14.6 Å². The van der Waals surface area contributed by atoms with Crippen LogP contribution in [0.4, 0.5) is 11.4 Å². The summed E-state index contributed by atoms with van der Waals surface area (Å²) in [4.78, 5) is 14.9. The first kappa shape index (κ1) is 19.3. The third-order valence-electron chi connectivity index (χ3n) is 5.30. The number of nitrogens with zero attached hydrogens (tertiary/aromatic N) is 1. The first-order valence-corrected chi connectivity index (χ1v) is 10.3. The maximum absolute atomic E-state index is 12.5. The number of hydrogen-bond acceptors (Lipinski definition) is 4. The highest BCUT2D eigenvalue weighted by atomic mass is 16.3. The highest BCUT2D eigenvalue weighted by Crippen LogP contribution is 2.23. The second kappa shape index (κ2) is 9.43. The summed E-state index contributed by atoms with van der Waals surface area (Å²) in [7, 11) is 0. The average molecular weight is 389 g/mol. The van der Waals surface area contributed by atoms with E-state index >= 15 is 0 Å². The molecule has 1 aliphatic rings. The van der Waals surface area contributed by atoms with Crippen LogP contribution in [-0.4, -0.2) is 25.5 Å². The number of anilines is 2. The summed E-state index contributed by atoms with van der Waals surface area (Å²) in [6, 6.07) is 21.7. The minimum Gasteiger partial charge on any atom is -0.467 e. The first-order chi connectivity index (χ1) is 14.3. The topological polar surface area (TPSA) is 57.5 Å². The molecule has 150 valence electrons. The van der Waals surface area contributed by atoms with Crippen molar-refractivity contribution < 1.29 is 9.21 Å². The van der Waals surface area contributed by atoms with Gasteiger partial charge in [-0.2, -0.15) is 0 Å². The van der Waals surface area contributed by atoms with Crippen molar-refractivity contribution in [3.05, 3.63) is 84.3 Å². The van der Waals surface area contributed by atoms with Crippen molar-refractivity contribution in [1.29, 1.82) is 0 Å². The molecular weight excluding hydrogens is 362 g/mol. The highest BCUT2D eigenvalue weighted by Gasteiger charge is 2.17. The van der Waals surface area contributed by atoms with Gasteiger partial charge in [0.15, 0.2) is 0 Å². The van der Waals surface area contributed by atoms with Gasteiger partial charge in [0.2, 0.25) is 5.91 Å². The predicted octanol–water partition coefficient (Wildman–Crippen LogP) is 4.59. The van der Waals surface area contributed by atoms with Crippen LogP contribution in [0.25, 0.3) is 0 Å². The van der Waals surface area contributed by atoms with Crippen molar-refractivity contribution in [1.82, 2.24) is 5.32 Å². The molecule has 2 aromatic carbocycles. The molecule has 2 heterocycles. The third-order valence-corrected chi connectivity index (χ3v) is 5.30. The summed E-state index contributed by atoms with van der Waals surface area (Å²) >= 11 is 0. The maximum atomic E-state index is 12.5. The zero-order valence-electron chi connectivity index (χ0n) is 16.5. The molecule has 0 aliphatic carbocycles. The summed E-state index contributed by atoms with van der Waals surface area (Å²) < 4.78 is 5.57. The van der Waals surface area contributed by atoms with E-state index < -0.39 is 0 Å². The lowest BCUT2D eigenvalue weighted by Crippen LogP contribution is -2.31. The molecule has 0 bridgehead atoms. The Labute approximate surface area is 171 Å². The summed E-state index contributed by atoms with van der Waals surface area (Å²) in [5.41, 5.74) is 3.09. The second-order valence-electron chi connectivity index (χ2n) is 7.38. The van der Waals surface area contributed by atoms with Crippen molar-refractivity contribution in [3.8, 4) is 0 Å². The SMILES string of the molecule is O=C(CN[C@@H](c1ccccc1)c1ccco1)Nc1ccc(N2CCCCC2)cc1. The van der Waals surface area contributed by atoms with Crippen LogP contribution >= 0.6 is 0 Å². The van der Waals surface area contributed by atoms with E-state index in [1.54, 1.807) is 6.26 Å². The number of rotatable bonds is 7. The molecule has 2 N–H and O–H groups in total. The Morgan fingerprint density at radius 2 is 1.69 bits per heavy atom. The van der Waals surface area contributed by atoms with Crippen LogP contribution in [0, 0.1) is 0 Å². The Bertz CT molecular complexity index is 886. The van der Waals surface area contributed by atoms with Gasteiger partial charge in [-0.05, 0) is 61.2 Å². The fraction of sp³-hybridized carbons (Fsp3) is 0.292. The minimum atomic E-state index is -0.168. The van der Waals surface area contributed by atoms with Gasteiger partial charge in [-0.25, -0.2) is 0 Å². The molecule has 4 rings (SSSR count). The monoisotopic (exact) mass is 389 g/mol. The van der Waals surface area contributed by atoms with Crippen molar-refractivity contribution in [2.45, 2.75) is 25.3 Å². The molecule has 0 spiro atoms. The van der Waals surface area contributed by atoms with E-state index in [0.717, 1.165) is 30.1 Å². The molecule has 29 heavy (non-hydrogen) atoms. The minimum absolute atomic E-state index is 0.0804. The Hall–Kier alpha value is -3.05. The van der Waals surface area contributed by atoms with Gasteiger partial charge in [-0.1, -0.05) is 30.3 Å². The second-order valence-corrected chi connectivity index (χ2v) is 7.38. The molecule has 0 radical (unpaired) electrons. The van der Waals surface area contributed by atoms with Crippen LogP contribution in [0.5, 0.6) is 0 Å². The quantitative estimate of drug-likeness (QED) is 0.621. The van der Waals surface area contributed by atoms with E-state index in [1.807, 2.05) is 54.6 Å². The molecule has 1 fully saturated rings. The summed E-state index contributed by atoms with van der Waals surface area (Å²) in [5.74, 6) is 0.707. The van der Waals surface area contributed by atoms with Crippen LogP contribution in [-0.2, 0) is 4.79 Å². The van der Waals surface area contributed by atoms with E-state index in [2.05, 4.69) is 27.7 Å². The average Bonchev–Trinajstić information content (AvgIpc) is 3.30. The van der Waals surface area contributed by atoms with Crippen molar-refractivity contribution in [2.75, 3.05) is 29.9 Å². The molecule has 1 aliphatic heterocycles. The molecule has 1 atom stereocenters. The van der Waals surface area contributed by atoms with Crippen LogP contribution in [0.3, 0.4) is 0 Å². The van der Waals surface area contributed by atoms with E-state index in [9.17, 15) is 4.79 Å². The van der Waals surface area contributed by atoms with E-state index in [-0.39, 0.29) is 18.5 Å². The molecular formula is C24H27N3O2. The Morgan fingerprint density at radius 3 is 2.38 bits per heavy atom. The Morgan fingerprint density at radius 1 is 0.931 bits per heavy atom. The van der Waals surface area contributed by atoms with Gasteiger partial charge in [0.1, 0.15) is 5.76 Å². The number of furan rings is 1. The number of carbonyl (C=O) groups is 1. The molecule has 5 heteroatoms. The number of nitrogens with one attached hydrogen (secondary N) is 2. The fourth-order valence-corrected chi connectivity index (χ4v) is 3.79. The zero-order chi connectivity index (χ0) is 19.9. The van der Waals surface area contributed by atoms with Gasteiger partial charge in [0.05, 0.1) is 18.8 Å². The van der Waals surface area contributed by atoms with Gasteiger partial charge in [-0.3, -0.25) is 10.1 Å². The van der Waals surface area contributed by atoms with E-state index in [4.69, 9.17) is 4.42 Å². The van der Waals surface area contributed by atoms with Crippen LogP contribution in [0.2, 0.25) is 0 Å². The van der Waals surface area contributed by atoms with Gasteiger partial charge in [0, 0.05) is 24.5 Å². The standard InChI is InChI=1S/C24H27N3O2/c28-23(26-20-11-13-21(14-12-20)27-15-5-2-6-16-27)18-25-24(22-10-7-17-29-22)19-8-3-1-4-9-19/h1,3-4,7-14,17,24-25H,2,5-6,15-16,18H2,(H,26,28)/t24-/m0/s1. The van der Waals surface area contributed by atoms with E-state index in [1.165, 1.54) is 24.9 Å². The molecule has 1 aromatic heterocycles. The fourth-order valence-electron chi connectivity index (χ4n) is 3.79. The lowest BCUT2D eigenvalue weighted by atomic mass is 10.0. The van der Waals surface area contributed by atoms with E-state index in [0.29, 0.717) is 0 Å². The largest absolute Gasteiger partial charge is 0.467 e. The number of carbonyl (C=O) groups excluding carboxylic acids is 1. The molecule has 0 saturated carbocycles. The van der Waals surface area contributed by atoms with Crippen LogP contribution < -0.4 is 15.5 Å². The number of amides is 1. The molecule has 3 aromatic rings. The number of benzene rings is 2. The number of piperidine rings is 1. The third kappa shape index (κ3) is 5.06. The normalized spacial score (nSPS) is 15.1. The highest BCUT2D eigenvalue weighted by molar-refractivity contribution is 5.92. The zero-order valence-corrected chi connectivity index (χ0v) is 16.5. The summed E-state index contributed by atoms with van der Waals surface area (Å²) in [6.45, 7) is 2.42. The Kier molecular flexibility index (Phi) is 6.27. The lowest BCUT2D eigenvalue weighted by Gasteiger charge is -2.28. The first-order valence-electron chi connectivity index (χ1n) is 10.3. The molecule has 1 saturated heterocycles. The van der Waals surface area contributed by atoms with Crippen LogP contribution in [0.1, 0.15) is 36.6 Å².